The van der Waals surface area contributed by atoms with E-state index in [1.165, 1.54) is 4.90 Å². The molecule has 1 atom stereocenters. The zero-order valence-electron chi connectivity index (χ0n) is 25.8. The van der Waals surface area contributed by atoms with Gasteiger partial charge in [0.25, 0.3) is 10.0 Å². The molecule has 0 aromatic heterocycles. The Bertz CT molecular complexity index is 1430. The largest absolute Gasteiger partial charge is 0.354 e. The number of hydrogen-bond acceptors (Lipinski definition) is 4. The first-order chi connectivity index (χ1) is 20.0. The van der Waals surface area contributed by atoms with E-state index in [2.05, 4.69) is 19.2 Å². The van der Waals surface area contributed by atoms with Crippen molar-refractivity contribution < 1.29 is 18.0 Å². The average molecular weight is 592 g/mol. The molecule has 7 nitrogen and oxygen atoms in total. The molecule has 3 rings (SSSR count). The van der Waals surface area contributed by atoms with Crippen LogP contribution in [0, 0.1) is 13.8 Å². The van der Waals surface area contributed by atoms with E-state index in [1.54, 1.807) is 36.4 Å². The highest BCUT2D eigenvalue weighted by Crippen LogP contribution is 2.27. The third kappa shape index (κ3) is 8.22. The smallest absolute Gasteiger partial charge is 0.264 e. The minimum Gasteiger partial charge on any atom is -0.354 e. The van der Waals surface area contributed by atoms with Gasteiger partial charge in [-0.2, -0.15) is 0 Å². The molecule has 42 heavy (non-hydrogen) atoms. The second kappa shape index (κ2) is 15.0. The zero-order chi connectivity index (χ0) is 30.9. The lowest BCUT2D eigenvalue weighted by Crippen LogP contribution is -2.52. The van der Waals surface area contributed by atoms with Gasteiger partial charge in [-0.05, 0) is 73.6 Å². The SMILES string of the molecule is CCCCNC(=O)[C@H](CC)N(Cc1ccccc1C)C(=O)CN(c1ccc(C(C)C)cc1)S(=O)(=O)c1ccc(C)cc1. The molecule has 0 bridgehead atoms. The van der Waals surface area contributed by atoms with E-state index in [9.17, 15) is 18.0 Å². The third-order valence-corrected chi connectivity index (χ3v) is 9.34. The normalized spacial score (nSPS) is 12.2. The average Bonchev–Trinajstić information content (AvgIpc) is 2.97. The molecule has 0 fully saturated rings. The summed E-state index contributed by atoms with van der Waals surface area (Å²) in [6, 6.07) is 20.9. The summed E-state index contributed by atoms with van der Waals surface area (Å²) < 4.78 is 29.3. The van der Waals surface area contributed by atoms with Crippen LogP contribution in [0.1, 0.15) is 75.1 Å². The first-order valence-electron chi connectivity index (χ1n) is 14.8. The maximum Gasteiger partial charge on any atom is 0.264 e. The number of nitrogens with one attached hydrogen (secondary N) is 1. The molecule has 2 amide bonds. The number of nitrogens with zero attached hydrogens (tertiary/aromatic N) is 2. The quantitative estimate of drug-likeness (QED) is 0.222. The number of sulfonamides is 1. The molecule has 0 heterocycles. The summed E-state index contributed by atoms with van der Waals surface area (Å²) in [4.78, 5) is 29.2. The van der Waals surface area contributed by atoms with Crippen LogP contribution in [0.4, 0.5) is 5.69 Å². The number of benzene rings is 3. The van der Waals surface area contributed by atoms with Gasteiger partial charge in [0.05, 0.1) is 10.6 Å². The number of carbonyl (C=O) groups excluding carboxylic acids is 2. The van der Waals surface area contributed by atoms with Gasteiger partial charge >= 0.3 is 0 Å². The number of aryl methyl sites for hydroxylation is 2. The summed E-state index contributed by atoms with van der Waals surface area (Å²) in [6.07, 6.45) is 2.16. The molecule has 0 unspecified atom stereocenters. The van der Waals surface area contributed by atoms with Crippen LogP contribution >= 0.6 is 0 Å². The van der Waals surface area contributed by atoms with E-state index in [0.717, 1.165) is 39.4 Å². The number of unbranched alkanes of at least 4 members (excludes halogenated alkanes) is 1. The molecule has 1 N–H and O–H groups in total. The summed E-state index contributed by atoms with van der Waals surface area (Å²) in [5.41, 5.74) is 4.28. The van der Waals surface area contributed by atoms with Crippen molar-refractivity contribution in [3.8, 4) is 0 Å². The third-order valence-electron chi connectivity index (χ3n) is 7.55. The first kappa shape index (κ1) is 32.9. The van der Waals surface area contributed by atoms with Crippen molar-refractivity contribution >= 4 is 27.5 Å². The van der Waals surface area contributed by atoms with Crippen LogP contribution in [0.25, 0.3) is 0 Å². The van der Waals surface area contributed by atoms with Crippen molar-refractivity contribution in [2.24, 2.45) is 0 Å². The van der Waals surface area contributed by atoms with E-state index in [4.69, 9.17) is 0 Å². The second-order valence-corrected chi connectivity index (χ2v) is 13.0. The Hall–Kier alpha value is -3.65. The Morgan fingerprint density at radius 2 is 1.52 bits per heavy atom. The van der Waals surface area contributed by atoms with E-state index in [1.807, 2.05) is 64.1 Å². The van der Waals surface area contributed by atoms with Gasteiger partial charge in [0.15, 0.2) is 0 Å². The van der Waals surface area contributed by atoms with Crippen molar-refractivity contribution in [3.05, 3.63) is 95.1 Å². The molecule has 0 aliphatic carbocycles. The molecule has 0 radical (unpaired) electrons. The molecule has 8 heteroatoms. The Morgan fingerprint density at radius 1 is 0.881 bits per heavy atom. The maximum atomic E-state index is 14.2. The molecule has 0 aliphatic rings. The van der Waals surface area contributed by atoms with Gasteiger partial charge in [0, 0.05) is 13.1 Å². The number of carbonyl (C=O) groups is 2. The Kier molecular flexibility index (Phi) is 11.7. The lowest BCUT2D eigenvalue weighted by Gasteiger charge is -2.33. The summed E-state index contributed by atoms with van der Waals surface area (Å²) in [7, 11) is -4.10. The second-order valence-electron chi connectivity index (χ2n) is 11.1. The number of hydrogen-bond donors (Lipinski definition) is 1. The minimum absolute atomic E-state index is 0.101. The van der Waals surface area contributed by atoms with Crippen LogP contribution in [0.3, 0.4) is 0 Å². The van der Waals surface area contributed by atoms with Crippen molar-refractivity contribution in [3.63, 3.8) is 0 Å². The maximum absolute atomic E-state index is 14.2. The monoisotopic (exact) mass is 591 g/mol. The van der Waals surface area contributed by atoms with Crippen LogP contribution in [0.2, 0.25) is 0 Å². The molecule has 0 saturated heterocycles. The first-order valence-corrected chi connectivity index (χ1v) is 16.2. The molecule has 0 saturated carbocycles. The summed E-state index contributed by atoms with van der Waals surface area (Å²) >= 11 is 0. The van der Waals surface area contributed by atoms with E-state index in [0.29, 0.717) is 18.7 Å². The summed E-state index contributed by atoms with van der Waals surface area (Å²) in [5.74, 6) is -0.412. The number of rotatable bonds is 14. The van der Waals surface area contributed by atoms with Crippen LogP contribution in [0.5, 0.6) is 0 Å². The number of anilines is 1. The Balaban J connectivity index is 2.06. The molecule has 226 valence electrons. The predicted molar refractivity (Wildman–Crippen MR) is 170 cm³/mol. The number of amides is 2. The van der Waals surface area contributed by atoms with E-state index < -0.39 is 28.5 Å². The zero-order valence-corrected chi connectivity index (χ0v) is 26.6. The lowest BCUT2D eigenvalue weighted by molar-refractivity contribution is -0.140. The van der Waals surface area contributed by atoms with Crippen LogP contribution in [-0.2, 0) is 26.2 Å². The fourth-order valence-electron chi connectivity index (χ4n) is 4.79. The topological polar surface area (TPSA) is 86.8 Å². The van der Waals surface area contributed by atoms with Crippen molar-refractivity contribution in [2.45, 2.75) is 84.2 Å². The van der Waals surface area contributed by atoms with Crippen molar-refractivity contribution in [1.82, 2.24) is 10.2 Å². The Labute approximate surface area is 252 Å². The fourth-order valence-corrected chi connectivity index (χ4v) is 6.20. The highest BCUT2D eigenvalue weighted by atomic mass is 32.2. The van der Waals surface area contributed by atoms with Gasteiger partial charge in [-0.1, -0.05) is 88.2 Å². The van der Waals surface area contributed by atoms with E-state index in [-0.39, 0.29) is 23.3 Å². The molecule has 0 spiro atoms. The lowest BCUT2D eigenvalue weighted by atomic mass is 10.0. The van der Waals surface area contributed by atoms with Gasteiger partial charge < -0.3 is 10.2 Å². The van der Waals surface area contributed by atoms with E-state index >= 15 is 0 Å². The van der Waals surface area contributed by atoms with Gasteiger partial charge in [-0.25, -0.2) is 8.42 Å². The molecule has 3 aromatic carbocycles. The molecular weight excluding hydrogens is 546 g/mol. The highest BCUT2D eigenvalue weighted by Gasteiger charge is 2.33. The summed E-state index contributed by atoms with van der Waals surface area (Å²) in [5, 5.41) is 2.97. The molecular formula is C34H45N3O4S. The van der Waals surface area contributed by atoms with Gasteiger partial charge in [-0.3, -0.25) is 13.9 Å². The van der Waals surface area contributed by atoms with Gasteiger partial charge in [0.1, 0.15) is 12.6 Å². The van der Waals surface area contributed by atoms with Crippen LogP contribution in [-0.4, -0.2) is 44.3 Å². The molecule has 3 aromatic rings. The Morgan fingerprint density at radius 3 is 2.10 bits per heavy atom. The standard InChI is InChI=1S/C34H45N3O4S/c1-7-9-22-35-34(39)32(8-2)36(23-29-13-11-10-12-27(29)6)33(38)24-37(30-18-16-28(17-19-30)25(3)4)42(40,41)31-20-14-26(5)15-21-31/h10-21,25,32H,7-9,22-24H2,1-6H3,(H,35,39)/t32-/m0/s1. The van der Waals surface area contributed by atoms with Crippen LogP contribution in [0.15, 0.2) is 77.7 Å². The fraction of sp³-hybridized carbons (Fsp3) is 0.412. The van der Waals surface area contributed by atoms with Gasteiger partial charge in [0.2, 0.25) is 11.8 Å². The molecule has 0 aliphatic heterocycles. The van der Waals surface area contributed by atoms with Gasteiger partial charge in [-0.15, -0.1) is 0 Å². The van der Waals surface area contributed by atoms with Crippen LogP contribution < -0.4 is 9.62 Å². The predicted octanol–water partition coefficient (Wildman–Crippen LogP) is 6.35. The van der Waals surface area contributed by atoms with Crippen molar-refractivity contribution in [1.29, 1.82) is 0 Å². The summed E-state index contributed by atoms with van der Waals surface area (Å²) in [6.45, 7) is 12.2. The van der Waals surface area contributed by atoms with Crippen molar-refractivity contribution in [2.75, 3.05) is 17.4 Å². The minimum atomic E-state index is -4.10. The highest BCUT2D eigenvalue weighted by molar-refractivity contribution is 7.92.